The fraction of sp³-hybridized carbons (Fsp3) is 0.333. The lowest BCUT2D eigenvalue weighted by Gasteiger charge is -2.22. The summed E-state index contributed by atoms with van der Waals surface area (Å²) in [4.78, 5) is 25.5. The van der Waals surface area contributed by atoms with Crippen LogP contribution in [0.2, 0.25) is 0 Å². The minimum atomic E-state index is -4.32. The van der Waals surface area contributed by atoms with Crippen LogP contribution in [0.25, 0.3) is 5.57 Å². The molecule has 0 aliphatic heterocycles. The van der Waals surface area contributed by atoms with E-state index in [0.717, 1.165) is 49.0 Å². The molecule has 0 fully saturated rings. The van der Waals surface area contributed by atoms with Crippen molar-refractivity contribution in [3.63, 3.8) is 0 Å². The number of anilines is 1. The molecule has 0 spiro atoms. The average molecular weight is 390 g/mol. The molecule has 4 nitrogen and oxygen atoms in total. The van der Waals surface area contributed by atoms with E-state index < -0.39 is 11.7 Å². The molecule has 1 atom stereocenters. The van der Waals surface area contributed by atoms with E-state index in [1.807, 2.05) is 0 Å². The number of aromatic nitrogens is 1. The predicted octanol–water partition coefficient (Wildman–Crippen LogP) is 5.00. The maximum absolute atomic E-state index is 12.7. The molecule has 1 heterocycles. The highest BCUT2D eigenvalue weighted by molar-refractivity contribution is 5.90. The fourth-order valence-corrected chi connectivity index (χ4v) is 3.33. The zero-order valence-electron chi connectivity index (χ0n) is 15.2. The Kier molecular flexibility index (Phi) is 6.02. The van der Waals surface area contributed by atoms with Gasteiger partial charge in [-0.05, 0) is 60.9 Å². The third-order valence-electron chi connectivity index (χ3n) is 4.95. The number of hydrogen-bond donors (Lipinski definition) is 2. The Hall–Kier alpha value is -2.83. The molecule has 148 valence electrons. The van der Waals surface area contributed by atoms with Crippen molar-refractivity contribution in [1.82, 2.24) is 4.98 Å². The number of H-pyrrole nitrogens is 1. The van der Waals surface area contributed by atoms with E-state index in [9.17, 15) is 22.8 Å². The molecule has 0 radical (unpaired) electrons. The molecule has 1 aromatic heterocycles. The molecule has 2 N–H and O–H groups in total. The van der Waals surface area contributed by atoms with E-state index in [1.165, 1.54) is 24.4 Å². The molecule has 1 aromatic carbocycles. The van der Waals surface area contributed by atoms with E-state index >= 15 is 0 Å². The zero-order chi connectivity index (χ0) is 20.1. The van der Waals surface area contributed by atoms with Gasteiger partial charge in [-0.2, -0.15) is 13.2 Å². The number of nitrogens with one attached hydrogen (secondary N) is 2. The maximum Gasteiger partial charge on any atom is 0.416 e. The Morgan fingerprint density at radius 3 is 2.46 bits per heavy atom. The minimum Gasteiger partial charge on any atom is -0.327 e. The smallest absolute Gasteiger partial charge is 0.327 e. The highest BCUT2D eigenvalue weighted by Crippen LogP contribution is 2.34. The van der Waals surface area contributed by atoms with Gasteiger partial charge in [0.2, 0.25) is 11.5 Å². The van der Waals surface area contributed by atoms with Crippen LogP contribution in [0.4, 0.5) is 18.9 Å². The summed E-state index contributed by atoms with van der Waals surface area (Å²) in [5.74, 6) is 0.268. The second kappa shape index (κ2) is 8.46. The van der Waals surface area contributed by atoms with Gasteiger partial charge in [-0.25, -0.2) is 0 Å². The largest absolute Gasteiger partial charge is 0.416 e. The zero-order valence-corrected chi connectivity index (χ0v) is 15.2. The third kappa shape index (κ3) is 5.34. The molecule has 1 aliphatic carbocycles. The predicted molar refractivity (Wildman–Crippen MR) is 102 cm³/mol. The first-order chi connectivity index (χ1) is 13.3. The first kappa shape index (κ1) is 19.9. The van der Waals surface area contributed by atoms with Crippen molar-refractivity contribution in [3.8, 4) is 0 Å². The maximum atomic E-state index is 12.7. The van der Waals surface area contributed by atoms with Crippen LogP contribution in [0.5, 0.6) is 0 Å². The van der Waals surface area contributed by atoms with Gasteiger partial charge in [0.05, 0.1) is 11.3 Å². The summed E-state index contributed by atoms with van der Waals surface area (Å²) in [6, 6.07) is 8.17. The van der Waals surface area contributed by atoms with E-state index in [1.54, 1.807) is 6.07 Å². The Morgan fingerprint density at radius 1 is 1.14 bits per heavy atom. The Bertz CT molecular complexity index is 894. The van der Waals surface area contributed by atoms with Crippen molar-refractivity contribution >= 4 is 17.2 Å². The Morgan fingerprint density at radius 2 is 1.89 bits per heavy atom. The summed E-state index contributed by atoms with van der Waals surface area (Å²) in [5.41, 5.74) is 1.57. The summed E-state index contributed by atoms with van der Waals surface area (Å²) in [7, 11) is 0. The standard InChI is InChI=1S/C21H21F3N2O2/c22-21(23,24)17-8-6-16(7-9-17)15-4-1-14(2-5-15)3-11-20(28)26-18-10-12-19(27)25-13-18/h4,6-10,12-14H,1-3,5,11H2,(H,25,27)(H,26,28). The number of amides is 1. The summed E-state index contributed by atoms with van der Waals surface area (Å²) in [5, 5.41) is 2.74. The number of carbonyl (C=O) groups is 1. The number of benzene rings is 1. The molecule has 0 saturated heterocycles. The number of hydrogen-bond acceptors (Lipinski definition) is 2. The molecular weight excluding hydrogens is 369 g/mol. The van der Waals surface area contributed by atoms with Crippen molar-refractivity contribution in [2.24, 2.45) is 5.92 Å². The Balaban J connectivity index is 1.49. The van der Waals surface area contributed by atoms with E-state index in [-0.39, 0.29) is 11.5 Å². The Labute approximate surface area is 160 Å². The van der Waals surface area contributed by atoms with Crippen molar-refractivity contribution in [2.45, 2.75) is 38.3 Å². The molecule has 2 aromatic rings. The van der Waals surface area contributed by atoms with E-state index in [0.29, 0.717) is 18.0 Å². The highest BCUT2D eigenvalue weighted by atomic mass is 19.4. The number of allylic oxidation sites excluding steroid dienone is 2. The van der Waals surface area contributed by atoms with E-state index in [4.69, 9.17) is 0 Å². The first-order valence-electron chi connectivity index (χ1n) is 9.16. The van der Waals surface area contributed by atoms with Gasteiger partial charge in [0, 0.05) is 18.7 Å². The van der Waals surface area contributed by atoms with Crippen molar-refractivity contribution in [3.05, 3.63) is 70.2 Å². The summed E-state index contributed by atoms with van der Waals surface area (Å²) in [6.45, 7) is 0. The quantitative estimate of drug-likeness (QED) is 0.755. The number of aromatic amines is 1. The molecule has 1 aliphatic rings. The average Bonchev–Trinajstić information content (AvgIpc) is 2.68. The molecule has 0 bridgehead atoms. The van der Waals surface area contributed by atoms with Gasteiger partial charge in [-0.3, -0.25) is 9.59 Å². The van der Waals surface area contributed by atoms with Crippen molar-refractivity contribution in [2.75, 3.05) is 5.32 Å². The van der Waals surface area contributed by atoms with Gasteiger partial charge in [-0.15, -0.1) is 0 Å². The number of halogens is 3. The van der Waals surface area contributed by atoms with Gasteiger partial charge >= 0.3 is 6.18 Å². The van der Waals surface area contributed by atoms with Crippen LogP contribution in [0.3, 0.4) is 0 Å². The normalized spacial score (nSPS) is 17.1. The van der Waals surface area contributed by atoms with Crippen LogP contribution in [0.15, 0.2) is 53.5 Å². The lowest BCUT2D eigenvalue weighted by Crippen LogP contribution is -2.15. The highest BCUT2D eigenvalue weighted by Gasteiger charge is 2.30. The molecular formula is C21H21F3N2O2. The molecule has 1 unspecified atom stereocenters. The molecule has 28 heavy (non-hydrogen) atoms. The number of pyridine rings is 1. The first-order valence-corrected chi connectivity index (χ1v) is 9.16. The monoisotopic (exact) mass is 390 g/mol. The SMILES string of the molecule is O=C(CCC1CC=C(c2ccc(C(F)(F)F)cc2)CC1)Nc1ccc(=O)[nH]c1. The number of rotatable bonds is 5. The third-order valence-corrected chi connectivity index (χ3v) is 4.95. The van der Waals surface area contributed by atoms with Gasteiger partial charge in [-0.1, -0.05) is 18.2 Å². The second-order valence-corrected chi connectivity index (χ2v) is 6.97. The molecule has 7 heteroatoms. The topological polar surface area (TPSA) is 62.0 Å². The molecule has 3 rings (SSSR count). The van der Waals surface area contributed by atoms with Gasteiger partial charge in [0.15, 0.2) is 0 Å². The van der Waals surface area contributed by atoms with Crippen molar-refractivity contribution < 1.29 is 18.0 Å². The molecule has 0 saturated carbocycles. The van der Waals surface area contributed by atoms with Crippen LogP contribution >= 0.6 is 0 Å². The summed E-state index contributed by atoms with van der Waals surface area (Å²) < 4.78 is 38.0. The van der Waals surface area contributed by atoms with Crippen molar-refractivity contribution in [1.29, 1.82) is 0 Å². The summed E-state index contributed by atoms with van der Waals surface area (Å²) in [6.07, 6.45) is 2.83. The lowest BCUT2D eigenvalue weighted by molar-refractivity contribution is -0.137. The van der Waals surface area contributed by atoms with Crippen LogP contribution < -0.4 is 10.9 Å². The lowest BCUT2D eigenvalue weighted by atomic mass is 9.84. The number of carbonyl (C=O) groups excluding carboxylic acids is 1. The van der Waals surface area contributed by atoms with Gasteiger partial charge < -0.3 is 10.3 Å². The van der Waals surface area contributed by atoms with Gasteiger partial charge in [0.1, 0.15) is 0 Å². The molecule has 1 amide bonds. The van der Waals surface area contributed by atoms with Gasteiger partial charge in [0.25, 0.3) is 0 Å². The number of alkyl halides is 3. The van der Waals surface area contributed by atoms with E-state index in [2.05, 4.69) is 16.4 Å². The van der Waals surface area contributed by atoms with Crippen LogP contribution in [-0.4, -0.2) is 10.9 Å². The minimum absolute atomic E-state index is 0.107. The van der Waals surface area contributed by atoms with Crippen LogP contribution in [-0.2, 0) is 11.0 Å². The van der Waals surface area contributed by atoms with Crippen LogP contribution in [0, 0.1) is 5.92 Å². The summed E-state index contributed by atoms with van der Waals surface area (Å²) >= 11 is 0. The van der Waals surface area contributed by atoms with Crippen LogP contribution in [0.1, 0.15) is 43.2 Å². The second-order valence-electron chi connectivity index (χ2n) is 6.97. The fourth-order valence-electron chi connectivity index (χ4n) is 3.33.